The summed E-state index contributed by atoms with van der Waals surface area (Å²) in [5.74, 6) is 0.799. The van der Waals surface area contributed by atoms with E-state index in [0.29, 0.717) is 18.0 Å². The van der Waals surface area contributed by atoms with Crippen LogP contribution >= 0.6 is 0 Å². The lowest BCUT2D eigenvalue weighted by Crippen LogP contribution is -2.34. The van der Waals surface area contributed by atoms with E-state index in [0.717, 1.165) is 28.5 Å². The molecule has 0 aliphatic heterocycles. The largest absolute Gasteiger partial charge is 0.748 e. The lowest BCUT2D eigenvalue weighted by Gasteiger charge is -2.31. The van der Waals surface area contributed by atoms with Gasteiger partial charge in [0.25, 0.3) is 0 Å². The summed E-state index contributed by atoms with van der Waals surface area (Å²) in [7, 11) is 2.57. The summed E-state index contributed by atoms with van der Waals surface area (Å²) in [6.07, 6.45) is 4.94. The van der Waals surface area contributed by atoms with Crippen molar-refractivity contribution in [3.63, 3.8) is 0 Å². The van der Waals surface area contributed by atoms with E-state index in [1.165, 1.54) is 5.69 Å². The first-order valence-electron chi connectivity index (χ1n) is 9.17. The van der Waals surface area contributed by atoms with Crippen molar-refractivity contribution in [1.82, 2.24) is 4.48 Å². The van der Waals surface area contributed by atoms with Crippen LogP contribution in [0.1, 0.15) is 39.2 Å². The van der Waals surface area contributed by atoms with E-state index in [1.807, 2.05) is 0 Å². The maximum atomic E-state index is 12.9. The summed E-state index contributed by atoms with van der Waals surface area (Å²) in [4.78, 5) is 12.9. The molecule has 2 aliphatic rings. The summed E-state index contributed by atoms with van der Waals surface area (Å²) >= 11 is 0. The molecular formula is C21H31NO4S. The SMILES string of the molecule is CC1(C)[C@H]2CC[C@@]1(C)C(=O)/C2=C\c1ccc([N+](C)(C)C)cc1.CS(=O)(=O)[O-]. The number of nitrogens with zero attached hydrogens (tertiary/aromatic N) is 1. The van der Waals surface area contributed by atoms with Gasteiger partial charge in [-0.1, -0.05) is 20.8 Å². The molecule has 0 amide bonds. The second-order valence-electron chi connectivity index (χ2n) is 9.38. The zero-order chi connectivity index (χ0) is 20.8. The van der Waals surface area contributed by atoms with Gasteiger partial charge < -0.3 is 4.55 Å². The van der Waals surface area contributed by atoms with Gasteiger partial charge in [0.05, 0.1) is 31.3 Å². The van der Waals surface area contributed by atoms with E-state index < -0.39 is 10.1 Å². The Morgan fingerprint density at radius 1 is 1.11 bits per heavy atom. The minimum atomic E-state index is -3.92. The van der Waals surface area contributed by atoms with Gasteiger partial charge in [-0.25, -0.2) is 8.42 Å². The second kappa shape index (κ2) is 6.83. The van der Waals surface area contributed by atoms with Crippen molar-refractivity contribution in [3.8, 4) is 0 Å². The molecule has 0 N–H and O–H groups in total. The highest BCUT2D eigenvalue weighted by Gasteiger charge is 2.63. The molecule has 5 nitrogen and oxygen atoms in total. The highest BCUT2D eigenvalue weighted by atomic mass is 32.2. The summed E-state index contributed by atoms with van der Waals surface area (Å²) in [5.41, 5.74) is 3.40. The van der Waals surface area contributed by atoms with Gasteiger partial charge in [-0.2, -0.15) is 0 Å². The maximum Gasteiger partial charge on any atom is 0.165 e. The number of benzene rings is 1. The normalized spacial score (nSPS) is 28.2. The highest BCUT2D eigenvalue weighted by molar-refractivity contribution is 7.84. The fourth-order valence-electron chi connectivity index (χ4n) is 4.29. The predicted molar refractivity (Wildman–Crippen MR) is 109 cm³/mol. The molecule has 2 fully saturated rings. The molecule has 3 rings (SSSR count). The number of rotatable bonds is 2. The van der Waals surface area contributed by atoms with Gasteiger partial charge >= 0.3 is 0 Å². The number of Topliss-reactive ketones (excluding diaryl/α,β-unsaturated/α-hetero) is 1. The van der Waals surface area contributed by atoms with E-state index in [4.69, 9.17) is 13.0 Å². The monoisotopic (exact) mass is 393 g/mol. The second-order valence-corrected chi connectivity index (χ2v) is 10.8. The summed E-state index contributed by atoms with van der Waals surface area (Å²) in [5, 5.41) is 0. The van der Waals surface area contributed by atoms with Gasteiger partial charge in [0, 0.05) is 11.7 Å². The number of fused-ring (bicyclic) bond motifs is 2. The van der Waals surface area contributed by atoms with Crippen LogP contribution < -0.4 is 4.48 Å². The molecule has 0 unspecified atom stereocenters. The van der Waals surface area contributed by atoms with Gasteiger partial charge in [0.15, 0.2) is 5.78 Å². The van der Waals surface area contributed by atoms with Crippen LogP contribution in [0.2, 0.25) is 0 Å². The molecule has 2 aliphatic carbocycles. The molecule has 0 saturated heterocycles. The third kappa shape index (κ3) is 4.33. The third-order valence-corrected chi connectivity index (χ3v) is 6.35. The first kappa shape index (κ1) is 21.8. The zero-order valence-electron chi connectivity index (χ0n) is 17.4. The van der Waals surface area contributed by atoms with Crippen molar-refractivity contribution in [2.45, 2.75) is 33.6 Å². The van der Waals surface area contributed by atoms with Gasteiger partial charge in [-0.15, -0.1) is 0 Å². The standard InChI is InChI=1S/C20H28NO.CH4O3S/c1-19(2)17-11-12-20(19,3)18(22)16(17)13-14-7-9-15(10-8-14)21(4,5)6;1-5(2,3)4/h7-10,13,17H,11-12H2,1-6H3;1H3,(H,2,3,4)/q+1;/p-1/b16-13-;/t17-,20-;/m0./s1. The Hall–Kier alpha value is -1.50. The molecule has 6 heteroatoms. The fraction of sp³-hybridized carbons (Fsp3) is 0.571. The van der Waals surface area contributed by atoms with Gasteiger partial charge in [0.1, 0.15) is 5.69 Å². The fourth-order valence-corrected chi connectivity index (χ4v) is 4.29. The lowest BCUT2D eigenvalue weighted by molar-refractivity contribution is -0.125. The quantitative estimate of drug-likeness (QED) is 0.438. The number of carbonyl (C=O) groups excluding carboxylic acids is 1. The molecule has 1 aromatic carbocycles. The number of hydrogen-bond donors (Lipinski definition) is 0. The topological polar surface area (TPSA) is 74.3 Å². The minimum absolute atomic E-state index is 0.0954. The van der Waals surface area contributed by atoms with E-state index >= 15 is 0 Å². The number of hydrogen-bond acceptors (Lipinski definition) is 4. The number of ketones is 1. The van der Waals surface area contributed by atoms with Crippen LogP contribution in [0.3, 0.4) is 0 Å². The molecule has 2 saturated carbocycles. The Balaban J connectivity index is 0.000000465. The molecule has 2 atom stereocenters. The van der Waals surface area contributed by atoms with Crippen LogP contribution in [0, 0.1) is 16.7 Å². The van der Waals surface area contributed by atoms with Crippen molar-refractivity contribution >= 4 is 27.7 Å². The predicted octanol–water partition coefficient (Wildman–Crippen LogP) is 3.45. The minimum Gasteiger partial charge on any atom is -0.748 e. The summed E-state index contributed by atoms with van der Waals surface area (Å²) < 4.78 is 28.0. The molecule has 27 heavy (non-hydrogen) atoms. The third-order valence-electron chi connectivity index (χ3n) is 6.35. The van der Waals surface area contributed by atoms with Crippen LogP contribution in [0.4, 0.5) is 5.69 Å². The maximum absolute atomic E-state index is 12.9. The lowest BCUT2D eigenvalue weighted by atomic mass is 9.70. The average molecular weight is 394 g/mol. The molecule has 0 aromatic heterocycles. The van der Waals surface area contributed by atoms with E-state index in [2.05, 4.69) is 72.3 Å². The molecule has 1 aromatic rings. The van der Waals surface area contributed by atoms with E-state index in [9.17, 15) is 4.79 Å². The van der Waals surface area contributed by atoms with Crippen LogP contribution in [0.25, 0.3) is 6.08 Å². The molecule has 2 bridgehead atoms. The van der Waals surface area contributed by atoms with Crippen molar-refractivity contribution in [3.05, 3.63) is 35.4 Å². The molecule has 150 valence electrons. The van der Waals surface area contributed by atoms with E-state index in [1.54, 1.807) is 0 Å². The first-order chi connectivity index (χ1) is 12.1. The van der Waals surface area contributed by atoms with Crippen molar-refractivity contribution < 1.29 is 17.8 Å². The highest BCUT2D eigenvalue weighted by Crippen LogP contribution is 2.65. The van der Waals surface area contributed by atoms with E-state index in [-0.39, 0.29) is 10.8 Å². The Kier molecular flexibility index (Phi) is 5.52. The molecule has 0 radical (unpaired) electrons. The average Bonchev–Trinajstić information content (AvgIpc) is 2.79. The Morgan fingerprint density at radius 3 is 1.96 bits per heavy atom. The van der Waals surface area contributed by atoms with Crippen LogP contribution in [0.15, 0.2) is 29.8 Å². The molecule has 0 spiro atoms. The zero-order valence-corrected chi connectivity index (χ0v) is 18.2. The number of allylic oxidation sites excluding steroid dienone is 1. The Bertz CT molecular complexity index is 852. The first-order valence-corrected chi connectivity index (χ1v) is 11.0. The van der Waals surface area contributed by atoms with Crippen LogP contribution in [0.5, 0.6) is 0 Å². The Morgan fingerprint density at radius 2 is 1.59 bits per heavy atom. The van der Waals surface area contributed by atoms with Crippen molar-refractivity contribution in [1.29, 1.82) is 0 Å². The molecule has 0 heterocycles. The number of carbonyl (C=O) groups is 1. The smallest absolute Gasteiger partial charge is 0.165 e. The van der Waals surface area contributed by atoms with Gasteiger partial charge in [-0.05, 0) is 65.7 Å². The Labute approximate surface area is 163 Å². The number of quaternary nitrogens is 1. The van der Waals surface area contributed by atoms with Crippen molar-refractivity contribution in [2.24, 2.45) is 16.7 Å². The summed E-state index contributed by atoms with van der Waals surface area (Å²) in [6.45, 7) is 6.70. The molecular weight excluding hydrogens is 362 g/mol. The van der Waals surface area contributed by atoms with Gasteiger partial charge in [-0.3, -0.25) is 9.28 Å². The van der Waals surface area contributed by atoms with Crippen LogP contribution in [-0.4, -0.2) is 46.2 Å². The van der Waals surface area contributed by atoms with Gasteiger partial charge in [0.2, 0.25) is 0 Å². The summed E-state index contributed by atoms with van der Waals surface area (Å²) in [6, 6.07) is 8.61. The van der Waals surface area contributed by atoms with Crippen LogP contribution in [-0.2, 0) is 14.9 Å². The van der Waals surface area contributed by atoms with Crippen molar-refractivity contribution in [2.75, 3.05) is 27.4 Å².